The van der Waals surface area contributed by atoms with E-state index < -0.39 is 0 Å². The minimum absolute atomic E-state index is 0.130. The molecule has 0 aliphatic carbocycles. The average Bonchev–Trinajstić information content (AvgIpc) is 2.26. The maximum atomic E-state index is 11.2. The number of hydrogen-bond donors (Lipinski definition) is 1. The first kappa shape index (κ1) is 11.6. The number of methoxy groups -OCH3 is 1. The summed E-state index contributed by atoms with van der Waals surface area (Å²) in [5.41, 5.74) is 2.24. The van der Waals surface area contributed by atoms with E-state index >= 15 is 0 Å². The molecule has 82 valence electrons. The number of carbonyl (C=O) groups excluding carboxylic acids is 1. The molecule has 1 aromatic carbocycles. The Balaban J connectivity index is 2.50. The number of carbonyl (C=O) groups is 1. The largest absolute Gasteiger partial charge is 0.469 e. The molecule has 3 nitrogen and oxygen atoms in total. The summed E-state index contributed by atoms with van der Waals surface area (Å²) in [5.74, 6) is -0.314. The lowest BCUT2D eigenvalue weighted by Gasteiger charge is -2.13. The Hall–Kier alpha value is -1.51. The molecular formula is C12H17NO2. The Labute approximate surface area is 90.4 Å². The van der Waals surface area contributed by atoms with Gasteiger partial charge in [-0.1, -0.05) is 25.1 Å². The SMILES string of the molecule is COC(=O)C(C)CNc1ccccc1C. The van der Waals surface area contributed by atoms with E-state index in [1.54, 1.807) is 0 Å². The summed E-state index contributed by atoms with van der Waals surface area (Å²) in [4.78, 5) is 11.2. The summed E-state index contributed by atoms with van der Waals surface area (Å²) >= 11 is 0. The fourth-order valence-corrected chi connectivity index (χ4v) is 1.32. The van der Waals surface area contributed by atoms with Crippen molar-refractivity contribution in [3.05, 3.63) is 29.8 Å². The van der Waals surface area contributed by atoms with Gasteiger partial charge in [0.15, 0.2) is 0 Å². The lowest BCUT2D eigenvalue weighted by molar-refractivity contribution is -0.144. The second-order valence-corrected chi connectivity index (χ2v) is 3.62. The zero-order chi connectivity index (χ0) is 11.3. The van der Waals surface area contributed by atoms with Crippen LogP contribution in [0, 0.1) is 12.8 Å². The summed E-state index contributed by atoms with van der Waals surface area (Å²) in [6.45, 7) is 4.47. The van der Waals surface area contributed by atoms with Gasteiger partial charge in [-0.15, -0.1) is 0 Å². The standard InChI is InChI=1S/C12H17NO2/c1-9-6-4-5-7-11(9)13-8-10(2)12(14)15-3/h4-7,10,13H,8H2,1-3H3. The lowest BCUT2D eigenvalue weighted by atomic mass is 10.1. The molecule has 1 rings (SSSR count). The van der Waals surface area contributed by atoms with E-state index in [0.29, 0.717) is 6.54 Å². The van der Waals surface area contributed by atoms with Gasteiger partial charge in [-0.2, -0.15) is 0 Å². The normalized spacial score (nSPS) is 11.9. The molecule has 0 saturated carbocycles. The molecule has 1 atom stereocenters. The minimum Gasteiger partial charge on any atom is -0.469 e. The summed E-state index contributed by atoms with van der Waals surface area (Å²) in [5, 5.41) is 3.23. The van der Waals surface area contributed by atoms with Crippen LogP contribution in [0.25, 0.3) is 0 Å². The number of ether oxygens (including phenoxy) is 1. The first-order valence-corrected chi connectivity index (χ1v) is 5.02. The van der Waals surface area contributed by atoms with Crippen molar-refractivity contribution in [2.24, 2.45) is 5.92 Å². The zero-order valence-corrected chi connectivity index (χ0v) is 9.41. The first-order chi connectivity index (χ1) is 7.15. The number of nitrogens with one attached hydrogen (secondary N) is 1. The maximum Gasteiger partial charge on any atom is 0.310 e. The molecule has 0 spiro atoms. The van der Waals surface area contributed by atoms with Crippen LogP contribution in [-0.4, -0.2) is 19.6 Å². The Kier molecular flexibility index (Phi) is 4.16. The second-order valence-electron chi connectivity index (χ2n) is 3.62. The average molecular weight is 207 g/mol. The van der Waals surface area contributed by atoms with E-state index in [-0.39, 0.29) is 11.9 Å². The molecule has 0 aliphatic heterocycles. The number of hydrogen-bond acceptors (Lipinski definition) is 3. The molecule has 0 aromatic heterocycles. The Morgan fingerprint density at radius 3 is 2.73 bits per heavy atom. The number of aryl methyl sites for hydroxylation is 1. The lowest BCUT2D eigenvalue weighted by Crippen LogP contribution is -2.21. The third-order valence-electron chi connectivity index (χ3n) is 2.35. The number of esters is 1. The number of anilines is 1. The quantitative estimate of drug-likeness (QED) is 0.769. The molecule has 0 heterocycles. The smallest absolute Gasteiger partial charge is 0.310 e. The number of benzene rings is 1. The van der Waals surface area contributed by atoms with E-state index in [1.165, 1.54) is 12.7 Å². The van der Waals surface area contributed by atoms with Crippen molar-refractivity contribution in [2.75, 3.05) is 19.0 Å². The molecule has 0 amide bonds. The highest BCUT2D eigenvalue weighted by atomic mass is 16.5. The molecular weight excluding hydrogens is 190 g/mol. The molecule has 1 unspecified atom stereocenters. The van der Waals surface area contributed by atoms with Crippen molar-refractivity contribution >= 4 is 11.7 Å². The molecule has 1 aromatic rings. The monoisotopic (exact) mass is 207 g/mol. The van der Waals surface area contributed by atoms with Crippen molar-refractivity contribution in [3.63, 3.8) is 0 Å². The van der Waals surface area contributed by atoms with Gasteiger partial charge >= 0.3 is 5.97 Å². The van der Waals surface area contributed by atoms with Crippen molar-refractivity contribution in [1.29, 1.82) is 0 Å². The van der Waals surface area contributed by atoms with Gasteiger partial charge in [0.05, 0.1) is 13.0 Å². The van der Waals surface area contributed by atoms with Gasteiger partial charge in [-0.25, -0.2) is 0 Å². The van der Waals surface area contributed by atoms with Gasteiger partial charge < -0.3 is 10.1 Å². The van der Waals surface area contributed by atoms with Crippen LogP contribution in [0.1, 0.15) is 12.5 Å². The second kappa shape index (κ2) is 5.39. The third-order valence-corrected chi connectivity index (χ3v) is 2.35. The molecule has 0 aliphatic rings. The van der Waals surface area contributed by atoms with E-state index in [4.69, 9.17) is 0 Å². The van der Waals surface area contributed by atoms with E-state index in [9.17, 15) is 4.79 Å². The van der Waals surface area contributed by atoms with Crippen LogP contribution in [0.4, 0.5) is 5.69 Å². The third kappa shape index (κ3) is 3.27. The number of para-hydroxylation sites is 1. The van der Waals surface area contributed by atoms with Gasteiger partial charge in [0, 0.05) is 12.2 Å². The van der Waals surface area contributed by atoms with Gasteiger partial charge in [-0.05, 0) is 18.6 Å². The minimum atomic E-state index is -0.184. The highest BCUT2D eigenvalue weighted by molar-refractivity contribution is 5.72. The summed E-state index contributed by atoms with van der Waals surface area (Å²) < 4.78 is 4.65. The summed E-state index contributed by atoms with van der Waals surface area (Å²) in [6.07, 6.45) is 0. The van der Waals surface area contributed by atoms with Crippen LogP contribution in [0.2, 0.25) is 0 Å². The van der Waals surface area contributed by atoms with Crippen LogP contribution >= 0.6 is 0 Å². The van der Waals surface area contributed by atoms with Gasteiger partial charge in [0.2, 0.25) is 0 Å². The van der Waals surface area contributed by atoms with Gasteiger partial charge in [-0.3, -0.25) is 4.79 Å². The van der Waals surface area contributed by atoms with Crippen molar-refractivity contribution in [3.8, 4) is 0 Å². The molecule has 3 heteroatoms. The van der Waals surface area contributed by atoms with Crippen molar-refractivity contribution in [1.82, 2.24) is 0 Å². The van der Waals surface area contributed by atoms with Crippen LogP contribution in [0.5, 0.6) is 0 Å². The van der Waals surface area contributed by atoms with Crippen molar-refractivity contribution < 1.29 is 9.53 Å². The predicted molar refractivity (Wildman–Crippen MR) is 60.8 cm³/mol. The van der Waals surface area contributed by atoms with Gasteiger partial charge in [0.1, 0.15) is 0 Å². The Morgan fingerprint density at radius 2 is 2.13 bits per heavy atom. The summed E-state index contributed by atoms with van der Waals surface area (Å²) in [7, 11) is 1.41. The highest BCUT2D eigenvalue weighted by Gasteiger charge is 2.12. The molecule has 0 radical (unpaired) electrons. The summed E-state index contributed by atoms with van der Waals surface area (Å²) in [6, 6.07) is 7.99. The predicted octanol–water partition coefficient (Wildman–Crippen LogP) is 2.22. The fourth-order valence-electron chi connectivity index (χ4n) is 1.32. The molecule has 0 bridgehead atoms. The van der Waals surface area contributed by atoms with E-state index in [0.717, 1.165) is 5.69 Å². The highest BCUT2D eigenvalue weighted by Crippen LogP contribution is 2.13. The van der Waals surface area contributed by atoms with Crippen LogP contribution in [-0.2, 0) is 9.53 Å². The van der Waals surface area contributed by atoms with E-state index in [1.807, 2.05) is 38.1 Å². The first-order valence-electron chi connectivity index (χ1n) is 5.02. The Bertz CT molecular complexity index is 336. The van der Waals surface area contributed by atoms with E-state index in [2.05, 4.69) is 10.1 Å². The molecule has 15 heavy (non-hydrogen) atoms. The molecule has 1 N–H and O–H groups in total. The maximum absolute atomic E-state index is 11.2. The van der Waals surface area contributed by atoms with Crippen LogP contribution < -0.4 is 5.32 Å². The van der Waals surface area contributed by atoms with Crippen molar-refractivity contribution in [2.45, 2.75) is 13.8 Å². The van der Waals surface area contributed by atoms with Crippen LogP contribution in [0.3, 0.4) is 0 Å². The van der Waals surface area contributed by atoms with Gasteiger partial charge in [0.25, 0.3) is 0 Å². The zero-order valence-electron chi connectivity index (χ0n) is 9.41. The topological polar surface area (TPSA) is 38.3 Å². The Morgan fingerprint density at radius 1 is 1.47 bits per heavy atom. The van der Waals surface area contributed by atoms with Crippen LogP contribution in [0.15, 0.2) is 24.3 Å². The number of rotatable bonds is 4. The molecule has 0 fully saturated rings. The molecule has 0 saturated heterocycles. The fraction of sp³-hybridized carbons (Fsp3) is 0.417.